The average Bonchev–Trinajstić information content (AvgIpc) is 3.54. The highest BCUT2D eigenvalue weighted by Gasteiger charge is 2.45. The number of benzene rings is 2. The van der Waals surface area contributed by atoms with Gasteiger partial charge < -0.3 is 31.9 Å². The van der Waals surface area contributed by atoms with E-state index in [0.29, 0.717) is 23.4 Å². The molecule has 0 fully saturated rings. The molecule has 0 spiro atoms. The lowest BCUT2D eigenvalue weighted by Gasteiger charge is -2.44. The van der Waals surface area contributed by atoms with E-state index in [0.717, 1.165) is 18.4 Å². The van der Waals surface area contributed by atoms with Gasteiger partial charge in [-0.25, -0.2) is 9.56 Å². The van der Waals surface area contributed by atoms with Crippen molar-refractivity contribution >= 4 is 35.1 Å². The van der Waals surface area contributed by atoms with Crippen molar-refractivity contribution < 1.29 is 45.5 Å². The first-order valence-corrected chi connectivity index (χ1v) is 19.0. The van der Waals surface area contributed by atoms with Gasteiger partial charge in [-0.15, -0.1) is 0 Å². The first-order valence-electron chi connectivity index (χ1n) is 19.0. The highest BCUT2D eigenvalue weighted by Crippen LogP contribution is 2.34. The fourth-order valence-electron chi connectivity index (χ4n) is 6.64. The van der Waals surface area contributed by atoms with Gasteiger partial charge in [-0.3, -0.25) is 24.1 Å². The fraction of sp³-hybridized carbons (Fsp3) is 0.378. The summed E-state index contributed by atoms with van der Waals surface area (Å²) in [7, 11) is 0. The van der Waals surface area contributed by atoms with Crippen molar-refractivity contribution in [3.63, 3.8) is 0 Å². The van der Waals surface area contributed by atoms with Gasteiger partial charge >= 0.3 is 0 Å². The quantitative estimate of drug-likeness (QED) is 0.187. The van der Waals surface area contributed by atoms with Crippen molar-refractivity contribution in [1.82, 2.24) is 15.1 Å². The molecule has 0 radical (unpaired) electrons. The number of hydrogen-bond acceptors (Lipinski definition) is 6. The molecule has 5 rings (SSSR count). The standard InChI is InChI=1S/C45H53N5O5.BrH/c1-31(2)15-14-16-33(5)21-24-48-25-22-36(23-26-48)43(53)49-29-38(35-19-12-9-13-20-35)50(44(54)40(49)32(3)4)37(27-34-17-10-8-11-18-34)41(52)46-28-39(51)42-47-45(6,7)30-55-42;/h8-13,15,17-23,25-26,29,32,37,40H,14,16,24,27-28,30H2,1-7H3;1H/b33-21+;/t37-,40+;/m0./s1. The van der Waals surface area contributed by atoms with E-state index in [1.165, 1.54) is 20.9 Å². The molecule has 2 aliphatic rings. The first kappa shape index (κ1) is 43.6. The van der Waals surface area contributed by atoms with Gasteiger partial charge in [0.2, 0.25) is 11.7 Å². The van der Waals surface area contributed by atoms with Crippen LogP contribution in [-0.2, 0) is 32.1 Å². The summed E-state index contributed by atoms with van der Waals surface area (Å²) in [5, 5.41) is 2.78. The fourth-order valence-corrected chi connectivity index (χ4v) is 6.64. The molecule has 0 saturated heterocycles. The summed E-state index contributed by atoms with van der Waals surface area (Å²) in [4.78, 5) is 64.1. The van der Waals surface area contributed by atoms with Crippen LogP contribution in [0.3, 0.4) is 0 Å². The van der Waals surface area contributed by atoms with E-state index in [1.807, 2.05) is 105 Å². The number of ether oxygens (including phenoxy) is 1. The number of hydrogen-bond donors (Lipinski definition) is 1. The second-order valence-corrected chi connectivity index (χ2v) is 15.5. The van der Waals surface area contributed by atoms with Gasteiger partial charge in [0, 0.05) is 24.8 Å². The molecule has 1 aromatic heterocycles. The molecule has 0 aliphatic carbocycles. The van der Waals surface area contributed by atoms with E-state index >= 15 is 0 Å². The molecule has 3 heterocycles. The van der Waals surface area contributed by atoms with Crippen LogP contribution >= 0.6 is 0 Å². The van der Waals surface area contributed by atoms with Crippen molar-refractivity contribution in [3.8, 4) is 0 Å². The maximum absolute atomic E-state index is 15.0. The molecule has 0 saturated carbocycles. The number of nitrogens with zero attached hydrogens (tertiary/aromatic N) is 4. The number of pyridine rings is 1. The molecule has 0 bridgehead atoms. The third kappa shape index (κ3) is 11.2. The van der Waals surface area contributed by atoms with Crippen LogP contribution in [0.5, 0.6) is 0 Å². The number of aliphatic imine (C=N–C) groups is 1. The van der Waals surface area contributed by atoms with Crippen LogP contribution < -0.4 is 26.9 Å². The summed E-state index contributed by atoms with van der Waals surface area (Å²) in [6.45, 7) is 14.5. The van der Waals surface area contributed by atoms with Gasteiger partial charge in [-0.2, -0.15) is 0 Å². The Morgan fingerprint density at radius 1 is 0.964 bits per heavy atom. The van der Waals surface area contributed by atoms with Crippen molar-refractivity contribution in [2.24, 2.45) is 10.9 Å². The Morgan fingerprint density at radius 3 is 2.20 bits per heavy atom. The number of halogens is 1. The Kier molecular flexibility index (Phi) is 15.3. The molecule has 296 valence electrons. The molecule has 2 aliphatic heterocycles. The third-order valence-electron chi connectivity index (χ3n) is 9.64. The minimum Gasteiger partial charge on any atom is -1.00 e. The van der Waals surface area contributed by atoms with Crippen LogP contribution in [0.4, 0.5) is 0 Å². The number of allylic oxidation sites excluding steroid dienone is 4. The minimum atomic E-state index is -1.05. The Bertz CT molecular complexity index is 1980. The van der Waals surface area contributed by atoms with Gasteiger partial charge in [-0.05, 0) is 70.6 Å². The zero-order valence-electron chi connectivity index (χ0n) is 33.5. The van der Waals surface area contributed by atoms with Crippen molar-refractivity contribution in [2.75, 3.05) is 13.2 Å². The van der Waals surface area contributed by atoms with Gasteiger partial charge in [0.15, 0.2) is 18.9 Å². The second-order valence-electron chi connectivity index (χ2n) is 15.5. The van der Waals surface area contributed by atoms with Crippen molar-refractivity contribution in [3.05, 3.63) is 131 Å². The maximum Gasteiger partial charge on any atom is 0.259 e. The molecule has 56 heavy (non-hydrogen) atoms. The largest absolute Gasteiger partial charge is 1.00 e. The van der Waals surface area contributed by atoms with Crippen molar-refractivity contribution in [1.29, 1.82) is 0 Å². The number of Topliss-reactive ketones (excluding diaryl/α,β-unsaturated/α-hetero) is 1. The van der Waals surface area contributed by atoms with E-state index in [2.05, 4.69) is 43.2 Å². The number of carbonyl (C=O) groups is 4. The highest BCUT2D eigenvalue weighted by atomic mass is 79.9. The molecule has 2 aromatic carbocycles. The molecular formula is C45H54BrN5O5. The van der Waals surface area contributed by atoms with Crippen LogP contribution in [0, 0.1) is 5.92 Å². The summed E-state index contributed by atoms with van der Waals surface area (Å²) in [5.41, 5.74) is 4.41. The topological polar surface area (TPSA) is 112 Å². The van der Waals surface area contributed by atoms with E-state index < -0.39 is 35.2 Å². The lowest BCUT2D eigenvalue weighted by atomic mass is 9.93. The molecule has 3 amide bonds. The zero-order chi connectivity index (χ0) is 39.7. The van der Waals surface area contributed by atoms with Crippen molar-refractivity contribution in [2.45, 2.75) is 91.9 Å². The van der Waals surface area contributed by atoms with Gasteiger partial charge in [0.1, 0.15) is 18.7 Å². The predicted molar refractivity (Wildman–Crippen MR) is 215 cm³/mol. The third-order valence-corrected chi connectivity index (χ3v) is 9.64. The maximum atomic E-state index is 15.0. The molecular weight excluding hydrogens is 770 g/mol. The molecule has 1 N–H and O–H groups in total. The van der Waals surface area contributed by atoms with Gasteiger partial charge in [-0.1, -0.05) is 91.7 Å². The molecule has 0 unspecified atom stereocenters. The Morgan fingerprint density at radius 2 is 1.61 bits per heavy atom. The summed E-state index contributed by atoms with van der Waals surface area (Å²) in [6, 6.07) is 20.3. The number of nitrogens with one attached hydrogen (secondary N) is 1. The average molecular weight is 825 g/mol. The molecule has 10 nitrogen and oxygen atoms in total. The lowest BCUT2D eigenvalue weighted by Crippen LogP contribution is -3.00. The van der Waals surface area contributed by atoms with Crippen LogP contribution in [0.25, 0.3) is 5.70 Å². The number of aromatic nitrogens is 1. The second kappa shape index (κ2) is 19.6. The van der Waals surface area contributed by atoms with E-state index in [4.69, 9.17) is 4.74 Å². The highest BCUT2D eigenvalue weighted by molar-refractivity contribution is 6.37. The van der Waals surface area contributed by atoms with E-state index in [9.17, 15) is 19.2 Å². The number of amides is 3. The first-order chi connectivity index (χ1) is 26.2. The number of carbonyl (C=O) groups excluding carboxylic acids is 4. The smallest absolute Gasteiger partial charge is 0.259 e. The van der Waals surface area contributed by atoms with Crippen LogP contribution in [0.15, 0.2) is 120 Å². The van der Waals surface area contributed by atoms with Gasteiger partial charge in [0.05, 0.1) is 23.3 Å². The van der Waals surface area contributed by atoms with E-state index in [1.54, 1.807) is 18.3 Å². The molecule has 2 atom stereocenters. The molecule has 11 heteroatoms. The zero-order valence-corrected chi connectivity index (χ0v) is 35.1. The summed E-state index contributed by atoms with van der Waals surface area (Å²) in [5.74, 6) is -2.00. The summed E-state index contributed by atoms with van der Waals surface area (Å²) in [6.07, 6.45) is 12.0. The lowest BCUT2D eigenvalue weighted by molar-refractivity contribution is -0.687. The SMILES string of the molecule is CC(C)=CCC/C(C)=C/C[n+]1ccc(C(=O)N2C=C(c3ccccc3)N([C@@H](Cc3ccccc3)C(=O)NCC(=O)C3=NC(C)(C)CO3)C(=O)[C@H]2C(C)C)cc1.[Br-]. The van der Waals surface area contributed by atoms with Crippen LogP contribution in [0.1, 0.15) is 82.8 Å². The Labute approximate surface area is 341 Å². The predicted octanol–water partition coefficient (Wildman–Crippen LogP) is 3.48. The number of ketones is 1. The summed E-state index contributed by atoms with van der Waals surface area (Å²) >= 11 is 0. The van der Waals surface area contributed by atoms with Crippen LogP contribution in [0.2, 0.25) is 0 Å². The molecule has 3 aromatic rings. The monoisotopic (exact) mass is 823 g/mol. The van der Waals surface area contributed by atoms with E-state index in [-0.39, 0.29) is 54.3 Å². The normalized spacial score (nSPS) is 17.0. The Hall–Kier alpha value is -5.16. The Balaban J connectivity index is 0.00000696. The number of rotatable bonds is 15. The summed E-state index contributed by atoms with van der Waals surface area (Å²) < 4.78 is 7.53. The van der Waals surface area contributed by atoms with Crippen LogP contribution in [-0.4, -0.2) is 70.0 Å². The van der Waals surface area contributed by atoms with Gasteiger partial charge in [0.25, 0.3) is 17.7 Å². The minimum absolute atomic E-state index is 0.